The van der Waals surface area contributed by atoms with Crippen LogP contribution >= 0.6 is 0 Å². The van der Waals surface area contributed by atoms with Crippen LogP contribution in [0.1, 0.15) is 33.6 Å². The molecule has 0 aromatic carbocycles. The summed E-state index contributed by atoms with van der Waals surface area (Å²) in [5, 5.41) is 0. The van der Waals surface area contributed by atoms with Crippen LogP contribution in [0.5, 0.6) is 0 Å². The molecule has 0 aromatic heterocycles. The normalized spacial score (nSPS) is 17.5. The summed E-state index contributed by atoms with van der Waals surface area (Å²) in [6, 6.07) is 0. The maximum Gasteiger partial charge on any atom is -0.0164 e. The molecule has 0 atom stereocenters. The van der Waals surface area contributed by atoms with E-state index in [1.54, 1.807) is 0 Å². The van der Waals surface area contributed by atoms with Gasteiger partial charge in [-0.15, -0.1) is 0 Å². The summed E-state index contributed by atoms with van der Waals surface area (Å²) in [6.45, 7) is 6.08. The zero-order valence-corrected chi connectivity index (χ0v) is 7.30. The van der Waals surface area contributed by atoms with Crippen LogP contribution in [-0.2, 0) is 0 Å². The Balaban J connectivity index is 0.000000371. The maximum atomic E-state index is 2.28. The summed E-state index contributed by atoms with van der Waals surface area (Å²) >= 11 is 0. The van der Waals surface area contributed by atoms with E-state index >= 15 is 0 Å². The molecule has 0 saturated carbocycles. The van der Waals surface area contributed by atoms with Gasteiger partial charge in [0.2, 0.25) is 0 Å². The predicted molar refractivity (Wildman–Crippen MR) is 48.0 cm³/mol. The Morgan fingerprint density at radius 1 is 1.20 bits per heavy atom. The predicted octanol–water partition coefficient (Wildman–Crippen LogP) is 3.55. The molecule has 0 unspecified atom stereocenters. The summed E-state index contributed by atoms with van der Waals surface area (Å²) in [6.07, 6.45) is 11.4. The Kier molecular flexibility index (Phi) is 6.25. The van der Waals surface area contributed by atoms with Gasteiger partial charge in [-0.2, -0.15) is 0 Å². The molecule has 10 heavy (non-hydrogen) atoms. The first-order valence-electron chi connectivity index (χ1n) is 4.21. The van der Waals surface area contributed by atoms with E-state index in [4.69, 9.17) is 0 Å². The van der Waals surface area contributed by atoms with Gasteiger partial charge in [-0.25, -0.2) is 0 Å². The van der Waals surface area contributed by atoms with Gasteiger partial charge in [0.05, 0.1) is 0 Å². The van der Waals surface area contributed by atoms with E-state index in [-0.39, 0.29) is 0 Å². The van der Waals surface area contributed by atoms with Crippen molar-refractivity contribution in [1.82, 2.24) is 0 Å². The largest absolute Gasteiger partial charge is 0.0914 e. The van der Waals surface area contributed by atoms with Crippen molar-refractivity contribution in [3.63, 3.8) is 0 Å². The van der Waals surface area contributed by atoms with Crippen molar-refractivity contribution < 1.29 is 0 Å². The molecular formula is C10H18. The zero-order valence-electron chi connectivity index (χ0n) is 7.30. The van der Waals surface area contributed by atoms with Crippen LogP contribution < -0.4 is 0 Å². The smallest absolute Gasteiger partial charge is 0.0164 e. The van der Waals surface area contributed by atoms with Gasteiger partial charge >= 0.3 is 0 Å². The fraction of sp³-hybridized carbons (Fsp3) is 0.600. The highest BCUT2D eigenvalue weighted by Crippen LogP contribution is 2.18. The summed E-state index contributed by atoms with van der Waals surface area (Å²) in [7, 11) is 0. The average molecular weight is 138 g/mol. The highest BCUT2D eigenvalue weighted by atomic mass is 14.1. The van der Waals surface area contributed by atoms with E-state index in [0.717, 1.165) is 5.92 Å². The quantitative estimate of drug-likeness (QED) is 0.486. The van der Waals surface area contributed by atoms with Crippen LogP contribution in [0.3, 0.4) is 0 Å². The third-order valence-corrected chi connectivity index (χ3v) is 1.51. The second-order valence-corrected chi connectivity index (χ2v) is 2.23. The molecule has 0 nitrogen and oxygen atoms in total. The standard InChI is InChI=1S/C8H12.C2H6/c1-2-5-8-6-3-4-7-8;1-2/h2-5,8H,6-7H2,1H3;1-2H3/b5-2+;. The van der Waals surface area contributed by atoms with Crippen LogP contribution in [0.25, 0.3) is 0 Å². The van der Waals surface area contributed by atoms with E-state index < -0.39 is 0 Å². The van der Waals surface area contributed by atoms with Gasteiger partial charge in [0.25, 0.3) is 0 Å². The lowest BCUT2D eigenvalue weighted by Crippen LogP contribution is -1.84. The fourth-order valence-electron chi connectivity index (χ4n) is 1.07. The summed E-state index contributed by atoms with van der Waals surface area (Å²) in [4.78, 5) is 0. The molecule has 0 fully saturated rings. The molecule has 0 saturated heterocycles. The Morgan fingerprint density at radius 3 is 2.10 bits per heavy atom. The second-order valence-electron chi connectivity index (χ2n) is 2.23. The lowest BCUT2D eigenvalue weighted by Gasteiger charge is -1.97. The third-order valence-electron chi connectivity index (χ3n) is 1.51. The first kappa shape index (κ1) is 9.48. The summed E-state index contributed by atoms with van der Waals surface area (Å²) in [5.41, 5.74) is 0. The SMILES string of the molecule is C/C=C/C1CC=CC1.CC. The molecule has 1 aliphatic carbocycles. The van der Waals surface area contributed by atoms with Gasteiger partial charge in [0.1, 0.15) is 0 Å². The molecule has 0 bridgehead atoms. The van der Waals surface area contributed by atoms with Crippen LogP contribution in [0.15, 0.2) is 24.3 Å². The van der Waals surface area contributed by atoms with Gasteiger partial charge in [-0.3, -0.25) is 0 Å². The Hall–Kier alpha value is -0.520. The van der Waals surface area contributed by atoms with E-state index in [0.29, 0.717) is 0 Å². The van der Waals surface area contributed by atoms with Crippen molar-refractivity contribution in [2.75, 3.05) is 0 Å². The van der Waals surface area contributed by atoms with Gasteiger partial charge in [-0.1, -0.05) is 38.2 Å². The number of hydrogen-bond acceptors (Lipinski definition) is 0. The van der Waals surface area contributed by atoms with Gasteiger partial charge in [-0.05, 0) is 25.7 Å². The van der Waals surface area contributed by atoms with Crippen molar-refractivity contribution in [2.24, 2.45) is 5.92 Å². The Morgan fingerprint density at radius 2 is 1.70 bits per heavy atom. The number of allylic oxidation sites excluding steroid dienone is 4. The van der Waals surface area contributed by atoms with E-state index in [9.17, 15) is 0 Å². The molecule has 1 aliphatic rings. The summed E-state index contributed by atoms with van der Waals surface area (Å²) < 4.78 is 0. The van der Waals surface area contributed by atoms with Crippen molar-refractivity contribution in [1.29, 1.82) is 0 Å². The molecule has 0 heteroatoms. The molecule has 0 spiro atoms. The minimum absolute atomic E-state index is 0.819. The molecule has 0 N–H and O–H groups in total. The van der Waals surface area contributed by atoms with E-state index in [2.05, 4.69) is 31.2 Å². The number of hydrogen-bond donors (Lipinski definition) is 0. The molecule has 0 heterocycles. The van der Waals surface area contributed by atoms with Crippen molar-refractivity contribution in [3.8, 4) is 0 Å². The highest BCUT2D eigenvalue weighted by Gasteiger charge is 2.03. The van der Waals surface area contributed by atoms with E-state index in [1.807, 2.05) is 13.8 Å². The van der Waals surface area contributed by atoms with Gasteiger partial charge in [0.15, 0.2) is 0 Å². The monoisotopic (exact) mass is 138 g/mol. The lowest BCUT2D eigenvalue weighted by atomic mass is 10.1. The van der Waals surface area contributed by atoms with Crippen molar-refractivity contribution in [2.45, 2.75) is 33.6 Å². The molecule has 0 amide bonds. The minimum Gasteiger partial charge on any atom is -0.0914 e. The highest BCUT2D eigenvalue weighted by molar-refractivity contribution is 5.01. The molecule has 1 rings (SSSR count). The molecule has 0 aromatic rings. The Labute approximate surface area is 64.6 Å². The topological polar surface area (TPSA) is 0 Å². The maximum absolute atomic E-state index is 2.28. The molecule has 58 valence electrons. The van der Waals surface area contributed by atoms with Gasteiger partial charge in [0, 0.05) is 0 Å². The van der Waals surface area contributed by atoms with Crippen LogP contribution in [0, 0.1) is 5.92 Å². The summed E-state index contributed by atoms with van der Waals surface area (Å²) in [5.74, 6) is 0.819. The molecule has 0 radical (unpaired) electrons. The average Bonchev–Trinajstić information content (AvgIpc) is 2.46. The zero-order chi connectivity index (χ0) is 7.82. The minimum atomic E-state index is 0.819. The first-order valence-corrected chi connectivity index (χ1v) is 4.21. The molecule has 0 aliphatic heterocycles. The van der Waals surface area contributed by atoms with Crippen LogP contribution in [0.4, 0.5) is 0 Å². The number of rotatable bonds is 1. The van der Waals surface area contributed by atoms with Crippen LogP contribution in [-0.4, -0.2) is 0 Å². The molecular weight excluding hydrogens is 120 g/mol. The fourth-order valence-corrected chi connectivity index (χ4v) is 1.07. The van der Waals surface area contributed by atoms with Crippen molar-refractivity contribution in [3.05, 3.63) is 24.3 Å². The van der Waals surface area contributed by atoms with Gasteiger partial charge < -0.3 is 0 Å². The van der Waals surface area contributed by atoms with E-state index in [1.165, 1.54) is 12.8 Å². The third kappa shape index (κ3) is 3.49. The Bertz CT molecular complexity index is 101. The first-order chi connectivity index (χ1) is 4.93. The lowest BCUT2D eigenvalue weighted by molar-refractivity contribution is 0.715. The van der Waals surface area contributed by atoms with Crippen LogP contribution in [0.2, 0.25) is 0 Å². The second kappa shape index (κ2) is 6.60. The van der Waals surface area contributed by atoms with Crippen molar-refractivity contribution >= 4 is 0 Å².